The van der Waals surface area contributed by atoms with Crippen LogP contribution in [0.15, 0.2) is 52.3 Å². The smallest absolute Gasteiger partial charge is 0.243 e. The van der Waals surface area contributed by atoms with Crippen molar-refractivity contribution in [2.75, 3.05) is 18.6 Å². The highest BCUT2D eigenvalue weighted by molar-refractivity contribution is 7.98. The molecule has 0 saturated heterocycles. The number of anilines is 1. The lowest BCUT2D eigenvalue weighted by atomic mass is 10.1. The Hall–Kier alpha value is -1.83. The minimum Gasteiger partial charge on any atom is -0.325 e. The lowest BCUT2D eigenvalue weighted by molar-refractivity contribution is -0.114. The molecule has 2 aromatic rings. The van der Waals surface area contributed by atoms with Crippen molar-refractivity contribution in [2.24, 2.45) is 0 Å². The van der Waals surface area contributed by atoms with Gasteiger partial charge in [-0.2, -0.15) is 4.31 Å². The second kappa shape index (κ2) is 8.03. The molecule has 1 amide bonds. The van der Waals surface area contributed by atoms with Gasteiger partial charge < -0.3 is 5.32 Å². The number of hydrogen-bond acceptors (Lipinski definition) is 4. The maximum absolute atomic E-state index is 12.8. The summed E-state index contributed by atoms with van der Waals surface area (Å²) in [6.07, 6.45) is 1.87. The highest BCUT2D eigenvalue weighted by atomic mass is 32.2. The number of nitrogens with zero attached hydrogens (tertiary/aromatic N) is 1. The zero-order valence-corrected chi connectivity index (χ0v) is 16.4. The van der Waals surface area contributed by atoms with Crippen LogP contribution in [0.5, 0.6) is 0 Å². The van der Waals surface area contributed by atoms with Crippen LogP contribution in [0.2, 0.25) is 0 Å². The molecule has 0 spiro atoms. The maximum atomic E-state index is 12.8. The third kappa shape index (κ3) is 4.84. The van der Waals surface area contributed by atoms with Gasteiger partial charge in [0.25, 0.3) is 0 Å². The minimum atomic E-state index is -3.66. The molecule has 2 aromatic carbocycles. The Morgan fingerprint density at radius 2 is 1.80 bits per heavy atom. The van der Waals surface area contributed by atoms with Crippen molar-refractivity contribution >= 4 is 33.4 Å². The summed E-state index contributed by atoms with van der Waals surface area (Å²) in [5.74, 6) is -0.238. The van der Waals surface area contributed by atoms with Crippen LogP contribution in [0.4, 0.5) is 5.69 Å². The normalized spacial score (nSPS) is 11.6. The summed E-state index contributed by atoms with van der Waals surface area (Å²) in [5.41, 5.74) is 2.55. The predicted octanol–water partition coefficient (Wildman–Crippen LogP) is 3.50. The summed E-state index contributed by atoms with van der Waals surface area (Å²) in [4.78, 5) is 12.3. The molecular weight excluding hydrogens is 356 g/mol. The molecular formula is C18H22N2O3S2. The van der Waals surface area contributed by atoms with Crippen LogP contribution >= 0.6 is 11.8 Å². The van der Waals surface area contributed by atoms with E-state index < -0.39 is 10.0 Å². The summed E-state index contributed by atoms with van der Waals surface area (Å²) >= 11 is 1.45. The number of sulfonamides is 1. The number of carbonyl (C=O) groups excluding carboxylic acids is 1. The van der Waals surface area contributed by atoms with Crippen molar-refractivity contribution in [1.82, 2.24) is 4.31 Å². The number of hydrogen-bond donors (Lipinski definition) is 1. The number of benzene rings is 2. The van der Waals surface area contributed by atoms with Gasteiger partial charge in [0.1, 0.15) is 0 Å². The van der Waals surface area contributed by atoms with Crippen LogP contribution in [0.3, 0.4) is 0 Å². The Bertz CT molecular complexity index is 862. The zero-order chi connectivity index (χ0) is 18.6. The second-order valence-corrected chi connectivity index (χ2v) is 8.68. The Kier molecular flexibility index (Phi) is 6.26. The van der Waals surface area contributed by atoms with Gasteiger partial charge in [-0.15, -0.1) is 11.8 Å². The summed E-state index contributed by atoms with van der Waals surface area (Å²) in [6, 6.07) is 12.5. The van der Waals surface area contributed by atoms with E-state index >= 15 is 0 Å². The van der Waals surface area contributed by atoms with E-state index in [0.29, 0.717) is 5.69 Å². The van der Waals surface area contributed by atoms with Crippen LogP contribution in [0.25, 0.3) is 0 Å². The first-order valence-corrected chi connectivity index (χ1v) is 10.4. The van der Waals surface area contributed by atoms with Crippen LogP contribution in [0.1, 0.15) is 18.1 Å². The lowest BCUT2D eigenvalue weighted by Crippen LogP contribution is -2.26. The van der Waals surface area contributed by atoms with E-state index in [0.717, 1.165) is 16.0 Å². The molecule has 0 radical (unpaired) electrons. The second-order valence-electron chi connectivity index (χ2n) is 5.79. The molecule has 7 heteroatoms. The largest absolute Gasteiger partial charge is 0.325 e. The average Bonchev–Trinajstić information content (AvgIpc) is 2.56. The Morgan fingerprint density at radius 1 is 1.16 bits per heavy atom. The molecule has 0 bridgehead atoms. The zero-order valence-electron chi connectivity index (χ0n) is 14.7. The van der Waals surface area contributed by atoms with Gasteiger partial charge in [0, 0.05) is 25.4 Å². The van der Waals surface area contributed by atoms with Crippen molar-refractivity contribution in [3.8, 4) is 0 Å². The summed E-state index contributed by atoms with van der Waals surface area (Å²) < 4.78 is 27.0. The topological polar surface area (TPSA) is 66.5 Å². The van der Waals surface area contributed by atoms with Gasteiger partial charge >= 0.3 is 0 Å². The van der Waals surface area contributed by atoms with Crippen molar-refractivity contribution in [2.45, 2.75) is 30.2 Å². The quantitative estimate of drug-likeness (QED) is 0.782. The summed E-state index contributed by atoms with van der Waals surface area (Å²) in [7, 11) is -2.11. The van der Waals surface area contributed by atoms with Gasteiger partial charge in [0.05, 0.1) is 10.6 Å². The Balaban J connectivity index is 2.31. The minimum absolute atomic E-state index is 0.156. The van der Waals surface area contributed by atoms with Gasteiger partial charge in [-0.3, -0.25) is 4.79 Å². The molecule has 2 rings (SSSR count). The standard InChI is InChI=1S/C18H22N2O3S2/c1-13-5-7-15(8-6-13)12-20(3)25(22,23)16-9-10-18(24-4)17(11-16)19-14(2)21/h5-11H,12H2,1-4H3,(H,19,21). The first kappa shape index (κ1) is 19.5. The molecule has 0 aliphatic carbocycles. The molecule has 0 unspecified atom stereocenters. The first-order valence-electron chi connectivity index (χ1n) is 7.71. The predicted molar refractivity (Wildman–Crippen MR) is 102 cm³/mol. The molecule has 5 nitrogen and oxygen atoms in total. The lowest BCUT2D eigenvalue weighted by Gasteiger charge is -2.19. The van der Waals surface area contributed by atoms with Crippen molar-refractivity contribution in [3.05, 3.63) is 53.6 Å². The van der Waals surface area contributed by atoms with Gasteiger partial charge in [0.15, 0.2) is 0 Å². The van der Waals surface area contributed by atoms with Gasteiger partial charge in [-0.1, -0.05) is 29.8 Å². The average molecular weight is 379 g/mol. The molecule has 0 atom stereocenters. The van der Waals surface area contributed by atoms with E-state index in [9.17, 15) is 13.2 Å². The molecule has 134 valence electrons. The van der Waals surface area contributed by atoms with Crippen molar-refractivity contribution in [3.63, 3.8) is 0 Å². The van der Waals surface area contributed by atoms with Crippen LogP contribution < -0.4 is 5.32 Å². The summed E-state index contributed by atoms with van der Waals surface area (Å²) in [5, 5.41) is 2.69. The number of amides is 1. The van der Waals surface area contributed by atoms with Gasteiger partial charge in [-0.25, -0.2) is 8.42 Å². The van der Waals surface area contributed by atoms with E-state index in [1.54, 1.807) is 19.2 Å². The van der Waals surface area contributed by atoms with Gasteiger partial charge in [0.2, 0.25) is 15.9 Å². The Labute approximate surface area is 153 Å². The maximum Gasteiger partial charge on any atom is 0.243 e. The molecule has 0 heterocycles. The highest BCUT2D eigenvalue weighted by Crippen LogP contribution is 2.29. The van der Waals surface area contributed by atoms with E-state index in [1.165, 1.54) is 29.1 Å². The molecule has 0 aromatic heterocycles. The first-order chi connectivity index (χ1) is 11.7. The van der Waals surface area contributed by atoms with Crippen molar-refractivity contribution in [1.29, 1.82) is 0 Å². The fourth-order valence-corrected chi connectivity index (χ4v) is 4.07. The third-order valence-corrected chi connectivity index (χ3v) is 6.31. The van der Waals surface area contributed by atoms with E-state index in [1.807, 2.05) is 37.4 Å². The molecule has 0 fully saturated rings. The van der Waals surface area contributed by atoms with E-state index in [2.05, 4.69) is 5.32 Å². The number of aryl methyl sites for hydroxylation is 1. The summed E-state index contributed by atoms with van der Waals surface area (Å²) in [6.45, 7) is 3.66. The molecule has 0 aliphatic rings. The Morgan fingerprint density at radius 3 is 2.36 bits per heavy atom. The van der Waals surface area contributed by atoms with Gasteiger partial charge in [-0.05, 0) is 36.9 Å². The van der Waals surface area contributed by atoms with E-state index in [-0.39, 0.29) is 17.3 Å². The van der Waals surface area contributed by atoms with Crippen molar-refractivity contribution < 1.29 is 13.2 Å². The highest BCUT2D eigenvalue weighted by Gasteiger charge is 2.22. The molecule has 0 aliphatic heterocycles. The molecule has 25 heavy (non-hydrogen) atoms. The fraction of sp³-hybridized carbons (Fsp3) is 0.278. The number of nitrogens with one attached hydrogen (secondary N) is 1. The number of rotatable bonds is 6. The monoisotopic (exact) mass is 378 g/mol. The SMILES string of the molecule is CSc1ccc(S(=O)(=O)N(C)Cc2ccc(C)cc2)cc1NC(C)=O. The van der Waals surface area contributed by atoms with Crippen LogP contribution in [-0.2, 0) is 21.4 Å². The molecule has 0 saturated carbocycles. The third-order valence-electron chi connectivity index (χ3n) is 3.72. The fourth-order valence-electron chi connectivity index (χ4n) is 2.35. The number of thioether (sulfide) groups is 1. The molecule has 1 N–H and O–H groups in total. The van der Waals surface area contributed by atoms with Crippen LogP contribution in [0, 0.1) is 6.92 Å². The van der Waals surface area contributed by atoms with E-state index in [4.69, 9.17) is 0 Å². The number of carbonyl (C=O) groups is 1. The van der Waals surface area contributed by atoms with Crippen LogP contribution in [-0.4, -0.2) is 31.9 Å².